The maximum absolute atomic E-state index is 12.0. The summed E-state index contributed by atoms with van der Waals surface area (Å²) in [5, 5.41) is 10.7. The van der Waals surface area contributed by atoms with Crippen molar-refractivity contribution in [3.8, 4) is 11.5 Å². The van der Waals surface area contributed by atoms with Crippen molar-refractivity contribution in [3.05, 3.63) is 70.3 Å². The van der Waals surface area contributed by atoms with Crippen LogP contribution in [0.5, 0.6) is 11.5 Å². The van der Waals surface area contributed by atoms with E-state index >= 15 is 0 Å². The van der Waals surface area contributed by atoms with Crippen molar-refractivity contribution in [1.29, 1.82) is 0 Å². The Hall–Kier alpha value is -3.15. The Balaban J connectivity index is 1.49. The molecule has 0 atom stereocenters. The molecular formula is C31H43NO5. The third-order valence-corrected chi connectivity index (χ3v) is 6.32. The van der Waals surface area contributed by atoms with Gasteiger partial charge in [0.15, 0.2) is 0 Å². The molecule has 0 saturated carbocycles. The van der Waals surface area contributed by atoms with E-state index in [0.29, 0.717) is 0 Å². The van der Waals surface area contributed by atoms with Crippen LogP contribution in [0.25, 0.3) is 6.08 Å². The number of carbonyl (C=O) groups is 1. The van der Waals surface area contributed by atoms with Gasteiger partial charge in [0.05, 0.1) is 11.5 Å². The van der Waals surface area contributed by atoms with Gasteiger partial charge in [0.1, 0.15) is 11.5 Å². The fourth-order valence-corrected chi connectivity index (χ4v) is 4.11. The molecular weight excluding hydrogens is 466 g/mol. The highest BCUT2D eigenvalue weighted by atomic mass is 16.6. The van der Waals surface area contributed by atoms with Gasteiger partial charge in [0, 0.05) is 18.2 Å². The van der Waals surface area contributed by atoms with Gasteiger partial charge in [-0.3, -0.25) is 10.1 Å². The van der Waals surface area contributed by atoms with Crippen LogP contribution in [0.3, 0.4) is 0 Å². The van der Waals surface area contributed by atoms with E-state index in [1.165, 1.54) is 114 Å². The van der Waals surface area contributed by atoms with Crippen molar-refractivity contribution < 1.29 is 19.2 Å². The standard InChI is InChI=1S/C31H43NO5/c1-2-3-4-5-6-7-8-9-10-11-12-13-14-15-26-36-29-21-16-27(17-22-29)18-25-31(33)37-30-23-19-28(20-24-30)32(34)35/h16-25H,2-15,26H2,1H3/b25-18+. The molecule has 6 heteroatoms. The van der Waals surface area contributed by atoms with Crippen LogP contribution in [-0.4, -0.2) is 17.5 Å². The van der Waals surface area contributed by atoms with Crippen LogP contribution >= 0.6 is 0 Å². The number of ether oxygens (including phenoxy) is 2. The second kappa shape index (κ2) is 19.0. The summed E-state index contributed by atoms with van der Waals surface area (Å²) in [6, 6.07) is 12.9. The van der Waals surface area contributed by atoms with E-state index in [4.69, 9.17) is 9.47 Å². The van der Waals surface area contributed by atoms with Gasteiger partial charge in [-0.2, -0.15) is 0 Å². The predicted octanol–water partition coefficient (Wildman–Crippen LogP) is 9.07. The van der Waals surface area contributed by atoms with Gasteiger partial charge in [-0.05, 0) is 42.3 Å². The first-order valence-electron chi connectivity index (χ1n) is 14.0. The highest BCUT2D eigenvalue weighted by molar-refractivity contribution is 5.88. The van der Waals surface area contributed by atoms with Gasteiger partial charge in [0.25, 0.3) is 5.69 Å². The Bertz CT molecular complexity index is 922. The summed E-state index contributed by atoms with van der Waals surface area (Å²) in [7, 11) is 0. The second-order valence-electron chi connectivity index (χ2n) is 9.52. The van der Waals surface area contributed by atoms with Crippen LogP contribution in [0.4, 0.5) is 5.69 Å². The fraction of sp³-hybridized carbons (Fsp3) is 0.516. The second-order valence-corrected chi connectivity index (χ2v) is 9.52. The topological polar surface area (TPSA) is 78.7 Å². The molecule has 0 fully saturated rings. The van der Waals surface area contributed by atoms with Gasteiger partial charge in [0.2, 0.25) is 0 Å². The highest BCUT2D eigenvalue weighted by Gasteiger charge is 2.06. The lowest BCUT2D eigenvalue weighted by molar-refractivity contribution is -0.384. The molecule has 37 heavy (non-hydrogen) atoms. The summed E-state index contributed by atoms with van der Waals surface area (Å²) in [5.41, 5.74) is 0.798. The zero-order chi connectivity index (χ0) is 26.6. The number of unbranched alkanes of at least 4 members (excludes halogenated alkanes) is 13. The molecule has 0 N–H and O–H groups in total. The van der Waals surface area contributed by atoms with Crippen molar-refractivity contribution in [1.82, 2.24) is 0 Å². The summed E-state index contributed by atoms with van der Waals surface area (Å²) in [6.45, 7) is 2.99. The molecule has 202 valence electrons. The lowest BCUT2D eigenvalue weighted by Gasteiger charge is -2.07. The Labute approximate surface area is 222 Å². The zero-order valence-corrected chi connectivity index (χ0v) is 22.4. The first-order chi connectivity index (χ1) is 18.1. The molecule has 2 aromatic rings. The van der Waals surface area contributed by atoms with Crippen molar-refractivity contribution in [2.24, 2.45) is 0 Å². The quantitative estimate of drug-likeness (QED) is 0.0444. The number of nitro groups is 1. The first kappa shape index (κ1) is 30.1. The van der Waals surface area contributed by atoms with Gasteiger partial charge in [-0.15, -0.1) is 0 Å². The van der Waals surface area contributed by atoms with E-state index in [1.807, 2.05) is 24.3 Å². The normalized spacial score (nSPS) is 11.1. The molecule has 2 rings (SSSR count). The first-order valence-corrected chi connectivity index (χ1v) is 14.0. The van der Waals surface area contributed by atoms with Gasteiger partial charge >= 0.3 is 5.97 Å². The van der Waals surface area contributed by atoms with E-state index in [-0.39, 0.29) is 11.4 Å². The number of esters is 1. The minimum Gasteiger partial charge on any atom is -0.494 e. The molecule has 0 heterocycles. The number of non-ortho nitro benzene ring substituents is 1. The summed E-state index contributed by atoms with van der Waals surface area (Å²) >= 11 is 0. The summed E-state index contributed by atoms with van der Waals surface area (Å²) in [4.78, 5) is 22.1. The fourth-order valence-electron chi connectivity index (χ4n) is 4.11. The van der Waals surface area contributed by atoms with Crippen molar-refractivity contribution in [3.63, 3.8) is 0 Å². The van der Waals surface area contributed by atoms with Crippen LogP contribution in [-0.2, 0) is 4.79 Å². The Kier molecular flexibility index (Phi) is 15.5. The molecule has 0 amide bonds. The number of nitro benzene ring substituents is 1. The minimum atomic E-state index is -0.549. The Morgan fingerprint density at radius 2 is 1.22 bits per heavy atom. The molecule has 0 aliphatic heterocycles. The van der Waals surface area contributed by atoms with Gasteiger partial charge in [-0.1, -0.05) is 103 Å². The molecule has 0 radical (unpaired) electrons. The van der Waals surface area contributed by atoms with Crippen LogP contribution in [0.1, 0.15) is 102 Å². The number of nitrogens with zero attached hydrogens (tertiary/aromatic N) is 1. The highest BCUT2D eigenvalue weighted by Crippen LogP contribution is 2.18. The Morgan fingerprint density at radius 1 is 0.730 bits per heavy atom. The van der Waals surface area contributed by atoms with E-state index < -0.39 is 10.9 Å². The van der Waals surface area contributed by atoms with Crippen LogP contribution in [0.15, 0.2) is 54.6 Å². The molecule has 2 aromatic carbocycles. The number of rotatable bonds is 20. The molecule has 0 spiro atoms. The number of benzene rings is 2. The number of carbonyl (C=O) groups excluding carboxylic acids is 1. The van der Waals surface area contributed by atoms with Crippen molar-refractivity contribution in [2.75, 3.05) is 6.61 Å². The predicted molar refractivity (Wildman–Crippen MR) is 150 cm³/mol. The van der Waals surface area contributed by atoms with Gasteiger partial charge in [-0.25, -0.2) is 4.79 Å². The monoisotopic (exact) mass is 509 g/mol. The molecule has 0 unspecified atom stereocenters. The molecule has 0 bridgehead atoms. The number of hydrogen-bond acceptors (Lipinski definition) is 5. The summed E-state index contributed by atoms with van der Waals surface area (Å²) < 4.78 is 11.0. The third kappa shape index (κ3) is 14.2. The lowest BCUT2D eigenvalue weighted by atomic mass is 10.0. The average Bonchev–Trinajstić information content (AvgIpc) is 2.90. The number of hydrogen-bond donors (Lipinski definition) is 0. The molecule has 6 nitrogen and oxygen atoms in total. The third-order valence-electron chi connectivity index (χ3n) is 6.32. The molecule has 0 saturated heterocycles. The smallest absolute Gasteiger partial charge is 0.336 e. The van der Waals surface area contributed by atoms with Gasteiger partial charge < -0.3 is 9.47 Å². The zero-order valence-electron chi connectivity index (χ0n) is 22.4. The van der Waals surface area contributed by atoms with E-state index in [0.717, 1.165) is 24.3 Å². The van der Waals surface area contributed by atoms with Crippen molar-refractivity contribution in [2.45, 2.75) is 96.8 Å². The molecule has 0 aliphatic carbocycles. The average molecular weight is 510 g/mol. The maximum atomic E-state index is 12.0. The molecule has 0 aromatic heterocycles. The van der Waals surface area contributed by atoms with E-state index in [1.54, 1.807) is 6.08 Å². The van der Waals surface area contributed by atoms with Crippen LogP contribution in [0.2, 0.25) is 0 Å². The summed E-state index contributed by atoms with van der Waals surface area (Å²) in [5.74, 6) is 0.528. The Morgan fingerprint density at radius 3 is 1.73 bits per heavy atom. The maximum Gasteiger partial charge on any atom is 0.336 e. The SMILES string of the molecule is CCCCCCCCCCCCCCCCOc1ccc(/C=C/C(=O)Oc2ccc([N+](=O)[O-])cc2)cc1. The van der Waals surface area contributed by atoms with Crippen LogP contribution in [0, 0.1) is 10.1 Å². The molecule has 0 aliphatic rings. The van der Waals surface area contributed by atoms with E-state index in [9.17, 15) is 14.9 Å². The summed E-state index contributed by atoms with van der Waals surface area (Å²) in [6.07, 6.45) is 21.8. The van der Waals surface area contributed by atoms with Crippen LogP contribution < -0.4 is 9.47 Å². The lowest BCUT2D eigenvalue weighted by Crippen LogP contribution is -2.03. The van der Waals surface area contributed by atoms with E-state index in [2.05, 4.69) is 6.92 Å². The largest absolute Gasteiger partial charge is 0.494 e. The van der Waals surface area contributed by atoms with Crippen molar-refractivity contribution >= 4 is 17.7 Å². The minimum absolute atomic E-state index is 0.0537.